The maximum atomic E-state index is 11.0. The maximum Gasteiger partial charge on any atom is 0.371 e. The van der Waals surface area contributed by atoms with Crippen LogP contribution in [-0.4, -0.2) is 35.8 Å². The Kier molecular flexibility index (Phi) is 6.20. The van der Waals surface area contributed by atoms with Crippen LogP contribution in [0, 0.1) is 11.3 Å². The van der Waals surface area contributed by atoms with Crippen LogP contribution < -0.4 is 10.1 Å². The molecule has 0 atom stereocenters. The number of carbonyl (C=O) groups is 1. The molecule has 2 heterocycles. The van der Waals surface area contributed by atoms with Crippen LogP contribution in [0.3, 0.4) is 0 Å². The summed E-state index contributed by atoms with van der Waals surface area (Å²) in [5, 5.41) is 23.3. The number of nitrogens with one attached hydrogen (secondary N) is 2. The number of hydrogen-bond acceptors (Lipinski definition) is 5. The number of carboxylic acid groups (broad SMARTS) is 1. The molecule has 31 heavy (non-hydrogen) atoms. The van der Waals surface area contributed by atoms with Gasteiger partial charge in [-0.15, -0.1) is 0 Å². The molecule has 7 heteroatoms. The van der Waals surface area contributed by atoms with Gasteiger partial charge in [0.15, 0.2) is 0 Å². The molecule has 2 aromatic carbocycles. The van der Waals surface area contributed by atoms with Crippen LogP contribution in [0.25, 0.3) is 21.9 Å². The molecule has 2 aromatic heterocycles. The van der Waals surface area contributed by atoms with Crippen LogP contribution in [0.15, 0.2) is 53.1 Å². The van der Waals surface area contributed by atoms with Gasteiger partial charge in [-0.1, -0.05) is 0 Å². The second kappa shape index (κ2) is 9.37. The van der Waals surface area contributed by atoms with Crippen LogP contribution >= 0.6 is 0 Å². The minimum Gasteiger partial charge on any atom is -0.492 e. The van der Waals surface area contributed by atoms with Crippen LogP contribution in [0.1, 0.15) is 34.5 Å². The molecule has 4 rings (SSSR count). The second-order valence-corrected chi connectivity index (χ2v) is 7.36. The predicted octanol–water partition coefficient (Wildman–Crippen LogP) is 4.48. The first-order valence-electron chi connectivity index (χ1n) is 10.2. The first-order chi connectivity index (χ1) is 15.1. The number of hydrogen-bond donors (Lipinski definition) is 3. The minimum absolute atomic E-state index is 0.0769. The smallest absolute Gasteiger partial charge is 0.371 e. The number of aromatic amines is 1. The highest BCUT2D eigenvalue weighted by atomic mass is 16.5. The van der Waals surface area contributed by atoms with E-state index in [0.717, 1.165) is 43.3 Å². The molecule has 0 radical (unpaired) electrons. The predicted molar refractivity (Wildman–Crippen MR) is 117 cm³/mol. The summed E-state index contributed by atoms with van der Waals surface area (Å²) < 4.78 is 11.0. The molecule has 4 aromatic rings. The van der Waals surface area contributed by atoms with Gasteiger partial charge in [-0.2, -0.15) is 5.26 Å². The topological polar surface area (TPSA) is 111 Å². The number of ether oxygens (including phenoxy) is 1. The van der Waals surface area contributed by atoms with Crippen molar-refractivity contribution in [2.45, 2.75) is 19.3 Å². The number of rotatable bonds is 10. The zero-order chi connectivity index (χ0) is 21.6. The minimum atomic E-state index is -1.08. The lowest BCUT2D eigenvalue weighted by Crippen LogP contribution is -2.22. The van der Waals surface area contributed by atoms with E-state index in [4.69, 9.17) is 19.5 Å². The van der Waals surface area contributed by atoms with E-state index >= 15 is 0 Å². The van der Waals surface area contributed by atoms with Crippen molar-refractivity contribution in [2.75, 3.05) is 19.7 Å². The van der Waals surface area contributed by atoms with Gasteiger partial charge in [0.2, 0.25) is 5.76 Å². The van der Waals surface area contributed by atoms with Gasteiger partial charge in [0.25, 0.3) is 0 Å². The highest BCUT2D eigenvalue weighted by Crippen LogP contribution is 2.24. The van der Waals surface area contributed by atoms with Crippen LogP contribution in [0.4, 0.5) is 0 Å². The van der Waals surface area contributed by atoms with Gasteiger partial charge < -0.3 is 24.6 Å². The molecule has 0 spiro atoms. The fourth-order valence-electron chi connectivity index (χ4n) is 3.60. The fraction of sp³-hybridized carbons (Fsp3) is 0.250. The van der Waals surface area contributed by atoms with Crippen LogP contribution in [0.2, 0.25) is 0 Å². The molecule has 158 valence electrons. The van der Waals surface area contributed by atoms with Crippen molar-refractivity contribution >= 4 is 27.8 Å². The summed E-state index contributed by atoms with van der Waals surface area (Å²) in [6.45, 7) is 2.15. The number of aromatic nitrogens is 1. The van der Waals surface area contributed by atoms with Crippen molar-refractivity contribution in [3.63, 3.8) is 0 Å². The Labute approximate surface area is 179 Å². The number of H-pyrrole nitrogens is 1. The van der Waals surface area contributed by atoms with Gasteiger partial charge in [-0.05, 0) is 73.8 Å². The Balaban J connectivity index is 1.16. The lowest BCUT2D eigenvalue weighted by atomic mass is 10.1. The summed E-state index contributed by atoms with van der Waals surface area (Å²) in [5.74, 6) is -0.477. The molecule has 0 saturated heterocycles. The van der Waals surface area contributed by atoms with Crippen molar-refractivity contribution in [3.05, 3.63) is 65.5 Å². The van der Waals surface area contributed by atoms with Crippen LogP contribution in [0.5, 0.6) is 5.75 Å². The van der Waals surface area contributed by atoms with E-state index in [1.807, 2.05) is 24.4 Å². The molecular weight excluding hydrogens is 394 g/mol. The maximum absolute atomic E-state index is 11.0. The molecule has 0 bridgehead atoms. The van der Waals surface area contributed by atoms with E-state index in [1.165, 1.54) is 11.6 Å². The molecule has 7 nitrogen and oxygen atoms in total. The van der Waals surface area contributed by atoms with E-state index in [0.29, 0.717) is 28.9 Å². The Morgan fingerprint density at radius 1 is 1.16 bits per heavy atom. The zero-order valence-electron chi connectivity index (χ0n) is 17.0. The average molecular weight is 417 g/mol. The van der Waals surface area contributed by atoms with Gasteiger partial charge in [-0.25, -0.2) is 4.79 Å². The van der Waals surface area contributed by atoms with Crippen molar-refractivity contribution in [2.24, 2.45) is 0 Å². The summed E-state index contributed by atoms with van der Waals surface area (Å²) >= 11 is 0. The third kappa shape index (κ3) is 4.87. The van der Waals surface area contributed by atoms with Crippen molar-refractivity contribution < 1.29 is 19.1 Å². The number of aryl methyl sites for hydroxylation is 1. The molecule has 0 amide bonds. The average Bonchev–Trinajstić information content (AvgIpc) is 3.39. The molecule has 0 unspecified atom stereocenters. The number of carboxylic acids is 1. The molecule has 0 fully saturated rings. The number of nitriles is 1. The van der Waals surface area contributed by atoms with Crippen molar-refractivity contribution in [3.8, 4) is 11.8 Å². The molecule has 0 aliphatic carbocycles. The Morgan fingerprint density at radius 2 is 2.06 bits per heavy atom. The number of fused-ring (bicyclic) bond motifs is 2. The van der Waals surface area contributed by atoms with Gasteiger partial charge in [0.1, 0.15) is 17.9 Å². The van der Waals surface area contributed by atoms with E-state index < -0.39 is 5.97 Å². The number of benzene rings is 2. The SMILES string of the molecule is N#Cc1ccc2[nH]cc(CCCCNCCOc3ccc4oc(C(=O)O)cc4c3)c2c1. The first-order valence-corrected chi connectivity index (χ1v) is 10.2. The zero-order valence-corrected chi connectivity index (χ0v) is 17.0. The quantitative estimate of drug-likeness (QED) is 0.328. The molecule has 0 saturated carbocycles. The molecule has 3 N–H and O–H groups in total. The summed E-state index contributed by atoms with van der Waals surface area (Å²) in [6, 6.07) is 14.7. The van der Waals surface area contributed by atoms with Gasteiger partial charge in [0, 0.05) is 29.0 Å². The largest absolute Gasteiger partial charge is 0.492 e. The van der Waals surface area contributed by atoms with Crippen molar-refractivity contribution in [1.29, 1.82) is 5.26 Å². The molecule has 0 aliphatic rings. The van der Waals surface area contributed by atoms with E-state index in [9.17, 15) is 4.79 Å². The monoisotopic (exact) mass is 417 g/mol. The highest BCUT2D eigenvalue weighted by molar-refractivity contribution is 5.91. The van der Waals surface area contributed by atoms with Crippen LogP contribution in [-0.2, 0) is 6.42 Å². The third-order valence-electron chi connectivity index (χ3n) is 5.19. The van der Waals surface area contributed by atoms with E-state index in [1.54, 1.807) is 18.2 Å². The van der Waals surface area contributed by atoms with Crippen molar-refractivity contribution in [1.82, 2.24) is 10.3 Å². The fourth-order valence-corrected chi connectivity index (χ4v) is 3.60. The Bertz CT molecular complexity index is 1250. The lowest BCUT2D eigenvalue weighted by molar-refractivity contribution is 0.0665. The second-order valence-electron chi connectivity index (χ2n) is 7.36. The normalized spacial score (nSPS) is 11.1. The number of aromatic carboxylic acids is 1. The lowest BCUT2D eigenvalue weighted by Gasteiger charge is -2.07. The summed E-state index contributed by atoms with van der Waals surface area (Å²) in [6.07, 6.45) is 5.10. The molecule has 0 aliphatic heterocycles. The number of unbranched alkanes of at least 4 members (excludes halogenated alkanes) is 1. The molecular formula is C24H23N3O4. The Morgan fingerprint density at radius 3 is 2.90 bits per heavy atom. The summed E-state index contributed by atoms with van der Waals surface area (Å²) in [5.41, 5.74) is 3.53. The number of nitrogens with zero attached hydrogens (tertiary/aromatic N) is 1. The highest BCUT2D eigenvalue weighted by Gasteiger charge is 2.11. The summed E-state index contributed by atoms with van der Waals surface area (Å²) in [7, 11) is 0. The standard InChI is InChI=1S/C24H23N3O4/c25-14-16-4-6-21-20(11-16)17(15-27-21)3-1-2-8-26-9-10-30-19-5-7-22-18(12-19)13-23(31-22)24(28)29/h4-7,11-13,15,26-27H,1-3,8-10H2,(H,28,29). The number of furan rings is 1. The van der Waals surface area contributed by atoms with Gasteiger partial charge in [0.05, 0.1) is 11.6 Å². The first kappa shape index (κ1) is 20.5. The third-order valence-corrected chi connectivity index (χ3v) is 5.19. The Hall–Kier alpha value is -3.76. The summed E-state index contributed by atoms with van der Waals surface area (Å²) in [4.78, 5) is 14.2. The van der Waals surface area contributed by atoms with Gasteiger partial charge in [-0.3, -0.25) is 0 Å². The van der Waals surface area contributed by atoms with Gasteiger partial charge >= 0.3 is 5.97 Å². The van der Waals surface area contributed by atoms with E-state index in [-0.39, 0.29) is 5.76 Å². The van der Waals surface area contributed by atoms with E-state index in [2.05, 4.69) is 16.4 Å².